The largest absolute Gasteiger partial charge is 0.489 e. The molecule has 1 aliphatic heterocycles. The fourth-order valence-corrected chi connectivity index (χ4v) is 2.73. The first-order valence-electron chi connectivity index (χ1n) is 7.01. The molecular weight excluding hydrogens is 238 g/mol. The van der Waals surface area contributed by atoms with Gasteiger partial charge in [-0.25, -0.2) is 0 Å². The van der Waals surface area contributed by atoms with Crippen LogP contribution in [0.25, 0.3) is 0 Å². The van der Waals surface area contributed by atoms with Gasteiger partial charge in [0.05, 0.1) is 6.04 Å². The molecule has 0 amide bonds. The number of hydrogen-bond donors (Lipinski definition) is 3. The summed E-state index contributed by atoms with van der Waals surface area (Å²) in [5.74, 6) is 1.46. The lowest BCUT2D eigenvalue weighted by atomic mass is 9.92. The molecule has 0 spiro atoms. The van der Waals surface area contributed by atoms with Gasteiger partial charge < -0.3 is 10.1 Å². The lowest BCUT2D eigenvalue weighted by Crippen LogP contribution is -2.45. The highest BCUT2D eigenvalue weighted by Crippen LogP contribution is 2.21. The van der Waals surface area contributed by atoms with Crippen LogP contribution < -0.4 is 20.9 Å². The maximum absolute atomic E-state index is 6.07. The molecular formula is C15H25N3O. The molecule has 4 heteroatoms. The van der Waals surface area contributed by atoms with Crippen molar-refractivity contribution in [3.8, 4) is 5.75 Å². The molecule has 4 atom stereocenters. The van der Waals surface area contributed by atoms with E-state index in [9.17, 15) is 0 Å². The molecule has 1 aromatic carbocycles. The van der Waals surface area contributed by atoms with Crippen LogP contribution in [0.5, 0.6) is 5.75 Å². The topological polar surface area (TPSA) is 45.3 Å². The Morgan fingerprint density at radius 1 is 1.37 bits per heavy atom. The minimum atomic E-state index is 0.123. The second-order valence-corrected chi connectivity index (χ2v) is 5.46. The van der Waals surface area contributed by atoms with Gasteiger partial charge in [-0.1, -0.05) is 12.1 Å². The highest BCUT2D eigenvalue weighted by molar-refractivity contribution is 5.27. The lowest BCUT2D eigenvalue weighted by molar-refractivity contribution is 0.153. The molecule has 1 heterocycles. The van der Waals surface area contributed by atoms with Gasteiger partial charge in [-0.3, -0.25) is 10.9 Å². The van der Waals surface area contributed by atoms with E-state index in [0.717, 1.165) is 12.3 Å². The first kappa shape index (κ1) is 14.3. The summed E-state index contributed by atoms with van der Waals surface area (Å²) in [6.45, 7) is 7.39. The van der Waals surface area contributed by atoms with E-state index in [2.05, 4.69) is 49.1 Å². The molecule has 0 saturated carbocycles. The Balaban J connectivity index is 2.01. The molecule has 1 fully saturated rings. The summed E-state index contributed by atoms with van der Waals surface area (Å²) in [7, 11) is 1.99. The molecule has 0 aliphatic carbocycles. The molecule has 0 aromatic heterocycles. The molecule has 1 aliphatic rings. The second-order valence-electron chi connectivity index (χ2n) is 5.46. The molecule has 1 saturated heterocycles. The van der Waals surface area contributed by atoms with Crippen molar-refractivity contribution < 1.29 is 4.74 Å². The number of nitrogens with one attached hydrogen (secondary N) is 3. The molecule has 0 bridgehead atoms. The molecule has 1 aromatic rings. The predicted molar refractivity (Wildman–Crippen MR) is 78.2 cm³/mol. The van der Waals surface area contributed by atoms with Crippen molar-refractivity contribution in [2.75, 3.05) is 13.6 Å². The number of aryl methyl sites for hydroxylation is 1. The number of benzene rings is 1. The smallest absolute Gasteiger partial charge is 0.120 e. The van der Waals surface area contributed by atoms with Crippen LogP contribution in [0.4, 0.5) is 0 Å². The zero-order valence-corrected chi connectivity index (χ0v) is 12.2. The van der Waals surface area contributed by atoms with Crippen LogP contribution >= 0.6 is 0 Å². The molecule has 3 N–H and O–H groups in total. The van der Waals surface area contributed by atoms with Gasteiger partial charge in [0.2, 0.25) is 0 Å². The van der Waals surface area contributed by atoms with Crippen molar-refractivity contribution in [1.29, 1.82) is 0 Å². The van der Waals surface area contributed by atoms with Crippen LogP contribution in [-0.2, 0) is 0 Å². The summed E-state index contributed by atoms with van der Waals surface area (Å²) < 4.78 is 6.07. The Morgan fingerprint density at radius 2 is 2.16 bits per heavy atom. The average molecular weight is 263 g/mol. The summed E-state index contributed by atoms with van der Waals surface area (Å²) in [5, 5.41) is 3.26. The third kappa shape index (κ3) is 3.47. The molecule has 0 radical (unpaired) electrons. The Hall–Kier alpha value is -1.10. The van der Waals surface area contributed by atoms with Gasteiger partial charge in [-0.15, -0.1) is 0 Å². The molecule has 106 valence electrons. The van der Waals surface area contributed by atoms with Gasteiger partial charge in [0.15, 0.2) is 0 Å². The minimum Gasteiger partial charge on any atom is -0.489 e. The first-order valence-corrected chi connectivity index (χ1v) is 7.01. The Labute approximate surface area is 115 Å². The number of hydrogen-bond acceptors (Lipinski definition) is 4. The van der Waals surface area contributed by atoms with Crippen molar-refractivity contribution in [1.82, 2.24) is 16.2 Å². The SMILES string of the molecule is CNCC1C(C)NNC1C(C)Oc1cccc(C)c1. The van der Waals surface area contributed by atoms with Crippen molar-refractivity contribution in [2.24, 2.45) is 5.92 Å². The van der Waals surface area contributed by atoms with E-state index in [4.69, 9.17) is 4.74 Å². The zero-order chi connectivity index (χ0) is 13.8. The number of ether oxygens (including phenoxy) is 1. The van der Waals surface area contributed by atoms with Crippen LogP contribution in [0, 0.1) is 12.8 Å². The summed E-state index contributed by atoms with van der Waals surface area (Å²) in [4.78, 5) is 0. The van der Waals surface area contributed by atoms with E-state index in [1.165, 1.54) is 5.56 Å². The Kier molecular flexibility index (Phi) is 4.80. The fourth-order valence-electron chi connectivity index (χ4n) is 2.73. The van der Waals surface area contributed by atoms with Crippen LogP contribution in [-0.4, -0.2) is 31.8 Å². The van der Waals surface area contributed by atoms with Crippen LogP contribution in [0.2, 0.25) is 0 Å². The van der Waals surface area contributed by atoms with Crippen LogP contribution in [0.3, 0.4) is 0 Å². The van der Waals surface area contributed by atoms with Gasteiger partial charge in [-0.2, -0.15) is 0 Å². The van der Waals surface area contributed by atoms with E-state index >= 15 is 0 Å². The van der Waals surface area contributed by atoms with Crippen LogP contribution in [0.15, 0.2) is 24.3 Å². The average Bonchev–Trinajstić information content (AvgIpc) is 2.72. The van der Waals surface area contributed by atoms with Gasteiger partial charge in [0.25, 0.3) is 0 Å². The molecule has 2 rings (SSSR count). The summed E-state index contributed by atoms with van der Waals surface area (Å²) >= 11 is 0. The van der Waals surface area contributed by atoms with Crippen molar-refractivity contribution in [3.63, 3.8) is 0 Å². The van der Waals surface area contributed by atoms with E-state index in [1.807, 2.05) is 19.2 Å². The zero-order valence-electron chi connectivity index (χ0n) is 12.2. The van der Waals surface area contributed by atoms with Gasteiger partial charge in [-0.05, 0) is 45.5 Å². The first-order chi connectivity index (χ1) is 9.11. The predicted octanol–water partition coefficient (Wildman–Crippen LogP) is 1.46. The molecule has 19 heavy (non-hydrogen) atoms. The van der Waals surface area contributed by atoms with Gasteiger partial charge in [0, 0.05) is 18.5 Å². The summed E-state index contributed by atoms with van der Waals surface area (Å²) in [5.41, 5.74) is 7.90. The Morgan fingerprint density at radius 3 is 2.84 bits per heavy atom. The number of hydrazine groups is 1. The molecule has 4 nitrogen and oxygen atoms in total. The quantitative estimate of drug-likeness (QED) is 0.753. The third-order valence-corrected chi connectivity index (χ3v) is 3.84. The van der Waals surface area contributed by atoms with Crippen molar-refractivity contribution in [3.05, 3.63) is 29.8 Å². The highest BCUT2D eigenvalue weighted by Gasteiger charge is 2.36. The van der Waals surface area contributed by atoms with E-state index in [-0.39, 0.29) is 6.10 Å². The van der Waals surface area contributed by atoms with Crippen molar-refractivity contribution in [2.45, 2.75) is 39.0 Å². The lowest BCUT2D eigenvalue weighted by Gasteiger charge is -2.27. The normalized spacial score (nSPS) is 28.3. The summed E-state index contributed by atoms with van der Waals surface area (Å²) in [6.07, 6.45) is 0.123. The fraction of sp³-hybridized carbons (Fsp3) is 0.600. The monoisotopic (exact) mass is 263 g/mol. The third-order valence-electron chi connectivity index (χ3n) is 3.84. The maximum atomic E-state index is 6.07. The van der Waals surface area contributed by atoms with Crippen molar-refractivity contribution >= 4 is 0 Å². The Bertz CT molecular complexity index is 410. The van der Waals surface area contributed by atoms with E-state index in [0.29, 0.717) is 18.0 Å². The summed E-state index contributed by atoms with van der Waals surface area (Å²) in [6, 6.07) is 8.96. The van der Waals surface area contributed by atoms with E-state index in [1.54, 1.807) is 0 Å². The number of rotatable bonds is 5. The van der Waals surface area contributed by atoms with Gasteiger partial charge in [0.1, 0.15) is 11.9 Å². The molecule has 4 unspecified atom stereocenters. The minimum absolute atomic E-state index is 0.123. The second kappa shape index (κ2) is 6.37. The standard InChI is InChI=1S/C15H25N3O/c1-10-6-5-7-13(8-10)19-12(3)15-14(9-16-4)11(2)17-18-15/h5-8,11-12,14-18H,9H2,1-4H3. The highest BCUT2D eigenvalue weighted by atomic mass is 16.5. The van der Waals surface area contributed by atoms with Gasteiger partial charge >= 0.3 is 0 Å². The van der Waals surface area contributed by atoms with E-state index < -0.39 is 0 Å². The maximum Gasteiger partial charge on any atom is 0.120 e. The van der Waals surface area contributed by atoms with Crippen LogP contribution in [0.1, 0.15) is 19.4 Å².